The zero-order chi connectivity index (χ0) is 13.7. The molecule has 20 heavy (non-hydrogen) atoms. The number of hydrogen-bond donors (Lipinski definition) is 1. The van der Waals surface area contributed by atoms with Crippen LogP contribution >= 0.6 is 0 Å². The van der Waals surface area contributed by atoms with E-state index in [4.69, 9.17) is 0 Å². The normalized spacial score (nSPS) is 22.6. The van der Waals surface area contributed by atoms with Gasteiger partial charge in [0.1, 0.15) is 12.4 Å². The maximum atomic E-state index is 11.3. The fourth-order valence-electron chi connectivity index (χ4n) is 2.95. The molecule has 2 aromatic heterocycles. The van der Waals surface area contributed by atoms with Crippen LogP contribution in [-0.2, 0) is 4.79 Å². The lowest BCUT2D eigenvalue weighted by molar-refractivity contribution is -0.138. The summed E-state index contributed by atoms with van der Waals surface area (Å²) in [5.74, 6) is -0.143. The van der Waals surface area contributed by atoms with Crippen molar-refractivity contribution in [3.63, 3.8) is 0 Å². The summed E-state index contributed by atoms with van der Waals surface area (Å²) in [7, 11) is 0. The van der Waals surface area contributed by atoms with E-state index in [0.29, 0.717) is 30.3 Å². The molecule has 7 nitrogen and oxygen atoms in total. The largest absolute Gasteiger partial charge is 0.480 e. The van der Waals surface area contributed by atoms with Crippen LogP contribution in [0.3, 0.4) is 0 Å². The molecule has 0 radical (unpaired) electrons. The second-order valence-corrected chi connectivity index (χ2v) is 5.44. The van der Waals surface area contributed by atoms with Crippen LogP contribution in [0.5, 0.6) is 0 Å². The molecule has 1 saturated heterocycles. The summed E-state index contributed by atoms with van der Waals surface area (Å²) in [6.07, 6.45) is 7.15. The van der Waals surface area contributed by atoms with E-state index in [9.17, 15) is 9.90 Å². The summed E-state index contributed by atoms with van der Waals surface area (Å²) in [5.41, 5.74) is 1.53. The molecule has 0 aromatic carbocycles. The molecule has 4 rings (SSSR count). The van der Waals surface area contributed by atoms with Crippen LogP contribution in [0.1, 0.15) is 31.7 Å². The molecule has 0 unspecified atom stereocenters. The van der Waals surface area contributed by atoms with Gasteiger partial charge in [0, 0.05) is 12.6 Å². The van der Waals surface area contributed by atoms with Gasteiger partial charge in [-0.2, -0.15) is 0 Å². The number of carboxylic acid groups (broad SMARTS) is 1. The van der Waals surface area contributed by atoms with E-state index in [0.717, 1.165) is 24.9 Å². The van der Waals surface area contributed by atoms with Gasteiger partial charge in [0.25, 0.3) is 0 Å². The van der Waals surface area contributed by atoms with Gasteiger partial charge >= 0.3 is 5.97 Å². The van der Waals surface area contributed by atoms with E-state index in [-0.39, 0.29) is 0 Å². The summed E-state index contributed by atoms with van der Waals surface area (Å²) in [5, 5.41) is 9.31. The first kappa shape index (κ1) is 11.6. The molecule has 0 spiro atoms. The average molecular weight is 273 g/mol. The second kappa shape index (κ2) is 4.16. The van der Waals surface area contributed by atoms with Crippen molar-refractivity contribution in [2.75, 3.05) is 11.4 Å². The first-order chi connectivity index (χ1) is 9.75. The minimum absolute atomic E-state index is 0.497. The van der Waals surface area contributed by atoms with Gasteiger partial charge in [-0.3, -0.25) is 0 Å². The number of fused-ring (bicyclic) bond motifs is 1. The molecule has 2 fully saturated rings. The Kier molecular flexibility index (Phi) is 2.42. The third-order valence-corrected chi connectivity index (χ3v) is 4.09. The van der Waals surface area contributed by atoms with Gasteiger partial charge in [-0.15, -0.1) is 0 Å². The van der Waals surface area contributed by atoms with E-state index in [1.165, 1.54) is 6.33 Å². The Morgan fingerprint density at radius 1 is 1.25 bits per heavy atom. The van der Waals surface area contributed by atoms with E-state index < -0.39 is 12.0 Å². The van der Waals surface area contributed by atoms with E-state index in [1.807, 2.05) is 4.90 Å². The molecule has 104 valence electrons. The van der Waals surface area contributed by atoms with Crippen molar-refractivity contribution in [2.45, 2.75) is 37.8 Å². The number of aliphatic carboxylic acids is 1. The predicted molar refractivity (Wildman–Crippen MR) is 71.6 cm³/mol. The van der Waals surface area contributed by atoms with Gasteiger partial charge in [0.05, 0.1) is 6.33 Å². The predicted octanol–water partition coefficient (Wildman–Crippen LogP) is 1.21. The highest BCUT2D eigenvalue weighted by molar-refractivity contribution is 5.87. The van der Waals surface area contributed by atoms with Gasteiger partial charge in [-0.25, -0.2) is 19.7 Å². The van der Waals surface area contributed by atoms with E-state index in [2.05, 4.69) is 19.5 Å². The van der Waals surface area contributed by atoms with E-state index >= 15 is 0 Å². The van der Waals surface area contributed by atoms with Gasteiger partial charge in [-0.1, -0.05) is 0 Å². The third-order valence-electron chi connectivity index (χ3n) is 4.09. The fraction of sp³-hybridized carbons (Fsp3) is 0.538. The van der Waals surface area contributed by atoms with Gasteiger partial charge in [-0.05, 0) is 25.7 Å². The number of carbonyl (C=O) groups is 1. The Balaban J connectivity index is 1.81. The van der Waals surface area contributed by atoms with Gasteiger partial charge < -0.3 is 14.6 Å². The number of rotatable bonds is 3. The molecular weight excluding hydrogens is 258 g/mol. The molecule has 7 heteroatoms. The fourth-order valence-corrected chi connectivity index (χ4v) is 2.95. The van der Waals surface area contributed by atoms with Crippen LogP contribution in [0.25, 0.3) is 11.2 Å². The van der Waals surface area contributed by atoms with Crippen LogP contribution < -0.4 is 4.90 Å². The number of anilines is 1. The molecule has 1 N–H and O–H groups in total. The zero-order valence-electron chi connectivity index (χ0n) is 10.9. The average Bonchev–Trinajstić information content (AvgIpc) is 3.02. The van der Waals surface area contributed by atoms with Gasteiger partial charge in [0.2, 0.25) is 0 Å². The van der Waals surface area contributed by atoms with Crippen LogP contribution in [0.2, 0.25) is 0 Å². The molecule has 2 aromatic rings. The second-order valence-electron chi connectivity index (χ2n) is 5.44. The molecule has 1 saturated carbocycles. The first-order valence-corrected chi connectivity index (χ1v) is 6.92. The Hall–Kier alpha value is -2.18. The smallest absolute Gasteiger partial charge is 0.326 e. The van der Waals surface area contributed by atoms with Crippen molar-refractivity contribution >= 4 is 23.0 Å². The van der Waals surface area contributed by atoms with Crippen molar-refractivity contribution in [2.24, 2.45) is 0 Å². The number of hydrogen-bond acceptors (Lipinski definition) is 5. The summed E-state index contributed by atoms with van der Waals surface area (Å²) in [4.78, 5) is 26.2. The number of imidazole rings is 1. The van der Waals surface area contributed by atoms with E-state index in [1.54, 1.807) is 6.33 Å². The molecular formula is C13H15N5O2. The van der Waals surface area contributed by atoms with Crippen molar-refractivity contribution in [3.8, 4) is 0 Å². The van der Waals surface area contributed by atoms with Crippen LogP contribution in [0, 0.1) is 0 Å². The maximum absolute atomic E-state index is 11.3. The summed E-state index contributed by atoms with van der Waals surface area (Å²) in [6, 6.07) is -0.00391. The topological polar surface area (TPSA) is 84.1 Å². The summed E-state index contributed by atoms with van der Waals surface area (Å²) in [6.45, 7) is 0.708. The van der Waals surface area contributed by atoms with Gasteiger partial charge in [0.15, 0.2) is 17.0 Å². The summed E-state index contributed by atoms with van der Waals surface area (Å²) >= 11 is 0. The Morgan fingerprint density at radius 2 is 2.10 bits per heavy atom. The maximum Gasteiger partial charge on any atom is 0.326 e. The van der Waals surface area contributed by atoms with Crippen molar-refractivity contribution in [1.29, 1.82) is 0 Å². The zero-order valence-corrected chi connectivity index (χ0v) is 10.9. The summed E-state index contributed by atoms with van der Waals surface area (Å²) < 4.78 is 2.08. The van der Waals surface area contributed by atoms with Crippen molar-refractivity contribution in [1.82, 2.24) is 19.5 Å². The van der Waals surface area contributed by atoms with Crippen molar-refractivity contribution in [3.05, 3.63) is 12.7 Å². The SMILES string of the molecule is O=C(O)[C@H]1CCCN1c1ncnc2c1ncn2C1CC1. The van der Waals surface area contributed by atoms with Crippen LogP contribution in [-0.4, -0.2) is 43.2 Å². The Morgan fingerprint density at radius 3 is 2.85 bits per heavy atom. The monoisotopic (exact) mass is 273 g/mol. The van der Waals surface area contributed by atoms with Crippen molar-refractivity contribution < 1.29 is 9.90 Å². The lowest BCUT2D eigenvalue weighted by Gasteiger charge is -2.22. The minimum atomic E-state index is -0.795. The number of aromatic nitrogens is 4. The molecule has 0 amide bonds. The lowest BCUT2D eigenvalue weighted by Crippen LogP contribution is -2.36. The first-order valence-electron chi connectivity index (χ1n) is 6.92. The van der Waals surface area contributed by atoms with Crippen LogP contribution in [0.4, 0.5) is 5.82 Å². The highest BCUT2D eigenvalue weighted by Crippen LogP contribution is 2.38. The van der Waals surface area contributed by atoms with Crippen LogP contribution in [0.15, 0.2) is 12.7 Å². The molecule has 1 atom stereocenters. The molecule has 3 heterocycles. The molecule has 1 aliphatic carbocycles. The lowest BCUT2D eigenvalue weighted by atomic mass is 10.2. The highest BCUT2D eigenvalue weighted by Gasteiger charge is 2.34. The Labute approximate surface area is 115 Å². The molecule has 2 aliphatic rings. The Bertz CT molecular complexity index is 678. The molecule has 1 aliphatic heterocycles. The number of nitrogens with zero attached hydrogens (tertiary/aromatic N) is 5. The highest BCUT2D eigenvalue weighted by atomic mass is 16.4. The quantitative estimate of drug-likeness (QED) is 0.905. The minimum Gasteiger partial charge on any atom is -0.480 e. The standard InChI is InChI=1S/C13H15N5O2/c19-13(20)9-2-1-5-17(9)11-10-12(15-6-14-11)18(7-16-10)8-3-4-8/h6-9H,1-5H2,(H,19,20)/t9-/m1/s1. The third kappa shape index (κ3) is 1.65. The number of carboxylic acids is 1. The molecule has 0 bridgehead atoms.